The number of esters is 1. The van der Waals surface area contributed by atoms with Crippen molar-refractivity contribution in [3.05, 3.63) is 23.8 Å². The zero-order valence-electron chi connectivity index (χ0n) is 28.4. The highest BCUT2D eigenvalue weighted by Crippen LogP contribution is 2.69. The number of methoxy groups -OCH3 is 2. The Morgan fingerprint density at radius 2 is 1.71 bits per heavy atom. The van der Waals surface area contributed by atoms with Crippen molar-refractivity contribution in [1.29, 1.82) is 0 Å². The molecule has 1 aromatic rings. The van der Waals surface area contributed by atoms with E-state index in [1.165, 1.54) is 0 Å². The van der Waals surface area contributed by atoms with Crippen LogP contribution in [0.4, 0.5) is 0 Å². The minimum absolute atomic E-state index is 0.0251. The van der Waals surface area contributed by atoms with Gasteiger partial charge < -0.3 is 58.3 Å². The van der Waals surface area contributed by atoms with Crippen LogP contribution in [0, 0.1) is 34.5 Å². The van der Waals surface area contributed by atoms with Gasteiger partial charge in [-0.15, -0.1) is 0 Å². The number of Topliss-reactive ketones (excluding diaryl/α,β-unsaturated/α-hetero) is 1. The Morgan fingerprint density at radius 3 is 2.43 bits per heavy atom. The molecule has 0 bridgehead atoms. The smallest absolute Gasteiger partial charge is 0.338 e. The number of carbonyl (C=O) groups is 2. The fourth-order valence-corrected chi connectivity index (χ4v) is 10.4. The van der Waals surface area contributed by atoms with Gasteiger partial charge in [-0.1, -0.05) is 20.8 Å². The summed E-state index contributed by atoms with van der Waals surface area (Å²) < 4.78 is 47.9. The molecule has 3 saturated carbocycles. The van der Waals surface area contributed by atoms with E-state index in [1.807, 2.05) is 13.8 Å². The molecule has 2 saturated heterocycles. The Morgan fingerprint density at radius 1 is 0.959 bits per heavy atom. The molecule has 0 amide bonds. The van der Waals surface area contributed by atoms with Crippen LogP contribution < -0.4 is 9.47 Å². The normalized spacial score (nSPS) is 47.2. The maximum atomic E-state index is 14.5. The summed E-state index contributed by atoms with van der Waals surface area (Å²) in [7, 11) is 3.12. The van der Waals surface area contributed by atoms with Gasteiger partial charge in [-0.25, -0.2) is 4.79 Å². The molecule has 3 heterocycles. The monoisotopic (exact) mass is 692 g/mol. The fraction of sp³-hybridized carbons (Fsp3) is 0.771. The molecule has 272 valence electrons. The minimum Gasteiger partial charge on any atom is -0.456 e. The molecule has 5 fully saturated rings. The maximum absolute atomic E-state index is 14.5. The number of aliphatic hydroxyl groups is 4. The van der Waals surface area contributed by atoms with Gasteiger partial charge in [-0.2, -0.15) is 0 Å². The van der Waals surface area contributed by atoms with E-state index < -0.39 is 90.7 Å². The Kier molecular flexibility index (Phi) is 9.28. The molecule has 6 aliphatic rings. The molecule has 16 atom stereocenters. The molecule has 14 nitrogen and oxygen atoms in total. The van der Waals surface area contributed by atoms with E-state index in [-0.39, 0.29) is 35.9 Å². The highest BCUT2D eigenvalue weighted by Gasteiger charge is 2.73. The molecular weight excluding hydrogens is 644 g/mol. The molecular formula is C35H48O14. The minimum atomic E-state index is -1.60. The quantitative estimate of drug-likeness (QED) is 0.298. The second kappa shape index (κ2) is 13.0. The van der Waals surface area contributed by atoms with E-state index in [0.717, 1.165) is 0 Å². The summed E-state index contributed by atoms with van der Waals surface area (Å²) in [5.41, 5.74) is -1.38. The predicted octanol–water partition coefficient (Wildman–Crippen LogP) is 1.18. The molecule has 0 radical (unpaired) electrons. The summed E-state index contributed by atoms with van der Waals surface area (Å²) in [6, 6.07) is 4.88. The van der Waals surface area contributed by atoms with Crippen molar-refractivity contribution in [3.63, 3.8) is 0 Å². The lowest BCUT2D eigenvalue weighted by Crippen LogP contribution is -2.75. The summed E-state index contributed by atoms with van der Waals surface area (Å²) >= 11 is 0. The van der Waals surface area contributed by atoms with Crippen LogP contribution in [-0.2, 0) is 33.2 Å². The van der Waals surface area contributed by atoms with Crippen LogP contribution in [0.2, 0.25) is 0 Å². The van der Waals surface area contributed by atoms with Gasteiger partial charge in [-0.3, -0.25) is 4.79 Å². The molecule has 4 N–H and O–H groups in total. The van der Waals surface area contributed by atoms with Crippen molar-refractivity contribution in [2.75, 3.05) is 27.6 Å². The van der Waals surface area contributed by atoms with Gasteiger partial charge in [0.05, 0.1) is 24.4 Å². The number of fused-ring (bicyclic) bond motifs is 3. The highest BCUT2D eigenvalue weighted by atomic mass is 16.8. The topological polar surface area (TPSA) is 189 Å². The summed E-state index contributed by atoms with van der Waals surface area (Å²) in [5, 5.41) is 41.2. The number of ketones is 1. The van der Waals surface area contributed by atoms with Gasteiger partial charge in [-0.05, 0) is 55.2 Å². The maximum Gasteiger partial charge on any atom is 0.338 e. The summed E-state index contributed by atoms with van der Waals surface area (Å²) in [6.07, 6.45) is -8.54. The van der Waals surface area contributed by atoms with E-state index in [9.17, 15) is 30.0 Å². The van der Waals surface area contributed by atoms with E-state index in [2.05, 4.69) is 6.92 Å². The predicted molar refractivity (Wildman–Crippen MR) is 166 cm³/mol. The largest absolute Gasteiger partial charge is 0.456 e. The van der Waals surface area contributed by atoms with Crippen LogP contribution in [0.5, 0.6) is 11.5 Å². The third-order valence-electron chi connectivity index (χ3n) is 12.9. The van der Waals surface area contributed by atoms with Gasteiger partial charge in [0.15, 0.2) is 29.9 Å². The van der Waals surface area contributed by atoms with Crippen molar-refractivity contribution >= 4 is 11.8 Å². The summed E-state index contributed by atoms with van der Waals surface area (Å²) in [6.45, 7) is 5.59. The number of ether oxygens (including phenoxy) is 8. The molecule has 0 aromatic heterocycles. The van der Waals surface area contributed by atoms with E-state index in [0.29, 0.717) is 37.2 Å². The fourth-order valence-electron chi connectivity index (χ4n) is 10.4. The molecule has 1 aromatic carbocycles. The van der Waals surface area contributed by atoms with Crippen molar-refractivity contribution in [1.82, 2.24) is 0 Å². The van der Waals surface area contributed by atoms with Crippen LogP contribution in [0.15, 0.2) is 18.2 Å². The number of hydrogen-bond donors (Lipinski definition) is 4. The average Bonchev–Trinajstić information content (AvgIpc) is 3.56. The second-order valence-electron chi connectivity index (χ2n) is 15.0. The zero-order valence-corrected chi connectivity index (χ0v) is 28.4. The van der Waals surface area contributed by atoms with Crippen molar-refractivity contribution in [2.24, 2.45) is 34.5 Å². The van der Waals surface area contributed by atoms with Gasteiger partial charge in [0.2, 0.25) is 6.79 Å². The Balaban J connectivity index is 1.25. The van der Waals surface area contributed by atoms with Crippen LogP contribution in [0.3, 0.4) is 0 Å². The first-order valence-corrected chi connectivity index (χ1v) is 17.2. The highest BCUT2D eigenvalue weighted by molar-refractivity contribution is 5.92. The second-order valence-corrected chi connectivity index (χ2v) is 15.0. The van der Waals surface area contributed by atoms with Crippen LogP contribution in [0.25, 0.3) is 0 Å². The standard InChI is InChI=1S/C35H48O14/c1-15-18-12-24(48-33-27(39)26(38)25(37)22(13-36)46-33)47-23-11-17-7-9-20(42-4)31(40)34(17,2)30(35(18,23)3)29(28(15)43-5)49-32(41)16-6-8-19-21(10-16)45-14-44-19/h6,8,10,15,17-18,20,22-30,33,36-39H,7,9,11-14H2,1-5H3/t15-,17-,18+,20+,22-,23-,24+,25-,26+,27-,28-,29-,30-,33+,34+,35-/m1/s1. The Hall–Kier alpha value is -2.40. The number of rotatable bonds is 7. The SMILES string of the molecule is CO[C@@H]1[C@H](C)[C@@H]2C[C@H](O[C@@H]3O[C@H](CO)[C@@H](O)[C@H](O)[C@H]3O)O[C@@H]3C[C@H]4CC[C@H](OC)C(=O)[C@]4(C)[C@@H]([C@@H]1OC(=O)c1ccc4c(c1)OCO4)[C@@]32C. The summed E-state index contributed by atoms with van der Waals surface area (Å²) in [5.74, 6) is -0.683. The molecule has 3 aliphatic carbocycles. The van der Waals surface area contributed by atoms with Crippen molar-refractivity contribution < 1.29 is 67.9 Å². The molecule has 3 aliphatic heterocycles. The lowest BCUT2D eigenvalue weighted by Gasteiger charge is -2.69. The van der Waals surface area contributed by atoms with Gasteiger partial charge in [0, 0.05) is 37.4 Å². The summed E-state index contributed by atoms with van der Waals surface area (Å²) in [4.78, 5) is 28.5. The zero-order chi connectivity index (χ0) is 35.0. The number of benzene rings is 1. The van der Waals surface area contributed by atoms with E-state index >= 15 is 0 Å². The van der Waals surface area contributed by atoms with Crippen LogP contribution in [0.1, 0.15) is 56.8 Å². The Labute approximate surface area is 284 Å². The number of carbonyl (C=O) groups excluding carboxylic acids is 2. The van der Waals surface area contributed by atoms with Gasteiger partial charge >= 0.3 is 5.97 Å². The van der Waals surface area contributed by atoms with Crippen LogP contribution in [-0.4, -0.2) is 121 Å². The first-order chi connectivity index (χ1) is 23.4. The molecule has 0 unspecified atom stereocenters. The number of aliphatic hydroxyl groups excluding tert-OH is 4. The van der Waals surface area contributed by atoms with Gasteiger partial charge in [0.1, 0.15) is 36.6 Å². The molecule has 0 spiro atoms. The van der Waals surface area contributed by atoms with Gasteiger partial charge in [0.25, 0.3) is 0 Å². The third-order valence-corrected chi connectivity index (χ3v) is 12.9. The first-order valence-electron chi connectivity index (χ1n) is 17.2. The lowest BCUT2D eigenvalue weighted by molar-refractivity contribution is -0.380. The molecule has 14 heteroatoms. The van der Waals surface area contributed by atoms with Crippen molar-refractivity contribution in [2.45, 2.75) is 108 Å². The van der Waals surface area contributed by atoms with Crippen LogP contribution >= 0.6 is 0 Å². The average molecular weight is 693 g/mol. The Bertz CT molecular complexity index is 1420. The lowest BCUT2D eigenvalue weighted by atomic mass is 9.38. The third kappa shape index (κ3) is 5.32. The molecule has 7 rings (SSSR count). The van der Waals surface area contributed by atoms with Crippen molar-refractivity contribution in [3.8, 4) is 11.5 Å². The first kappa shape index (κ1) is 35.0. The molecule has 49 heavy (non-hydrogen) atoms. The van der Waals surface area contributed by atoms with E-state index in [4.69, 9.17) is 37.9 Å². The van der Waals surface area contributed by atoms with E-state index in [1.54, 1.807) is 32.4 Å². The number of hydrogen-bond acceptors (Lipinski definition) is 14.